The summed E-state index contributed by atoms with van der Waals surface area (Å²) in [4.78, 5) is 56.3. The van der Waals surface area contributed by atoms with Gasteiger partial charge in [-0.1, -0.05) is 105 Å². The van der Waals surface area contributed by atoms with Gasteiger partial charge in [-0.25, -0.2) is 9.97 Å². The van der Waals surface area contributed by atoms with Crippen molar-refractivity contribution in [2.45, 2.75) is 84.5 Å². The molecule has 2 heterocycles. The van der Waals surface area contributed by atoms with E-state index in [1.54, 1.807) is 0 Å². The summed E-state index contributed by atoms with van der Waals surface area (Å²) < 4.78 is 0. The van der Waals surface area contributed by atoms with Crippen molar-refractivity contribution in [1.29, 1.82) is 0 Å². The highest BCUT2D eigenvalue weighted by molar-refractivity contribution is 7.18. The summed E-state index contributed by atoms with van der Waals surface area (Å²) in [5, 5.41) is 12.8. The smallest absolute Gasteiger partial charge is 0.310 e. The normalized spacial score (nSPS) is 14.5. The maximum atomic E-state index is 12.5. The molecule has 0 fully saturated rings. The molecule has 0 bridgehead atoms. The fraction of sp³-hybridized carbons (Fsp3) is 0.371. The van der Waals surface area contributed by atoms with Crippen LogP contribution < -0.4 is 11.1 Å². The predicted octanol–water partition coefficient (Wildman–Crippen LogP) is 7.94. The predicted molar refractivity (Wildman–Crippen MR) is 185 cm³/mol. The van der Waals surface area contributed by atoms with Gasteiger partial charge in [0.05, 0.1) is 33.0 Å². The number of benzene rings is 2. The Balaban J connectivity index is 0.000000203. The van der Waals surface area contributed by atoms with Gasteiger partial charge in [0.1, 0.15) is 0 Å². The highest BCUT2D eigenvalue weighted by Gasteiger charge is 2.25. The molecule has 6 rings (SSSR count). The number of carbonyl (C=O) groups is 4. The molecule has 1 amide bonds. The molecule has 2 aliphatic rings. The van der Waals surface area contributed by atoms with Gasteiger partial charge in [0.25, 0.3) is 0 Å². The van der Waals surface area contributed by atoms with Crippen LogP contribution >= 0.6 is 22.7 Å². The highest BCUT2D eigenvalue weighted by atomic mass is 32.1. The van der Waals surface area contributed by atoms with E-state index in [2.05, 4.69) is 15.3 Å². The second-order valence-corrected chi connectivity index (χ2v) is 12.8. The van der Waals surface area contributed by atoms with Gasteiger partial charge >= 0.3 is 5.97 Å². The third kappa shape index (κ3) is 9.40. The standard InChI is InChI=1S/C17H18N2O2S.C10H12O2.C7H8N2OS.CH4/c1-2-12(11-7-4-3-5-8-11)16(21)19-17-18-13-9-6-10-14(20)15(13)22-17;1-2-9(10(11)12)8-6-4-3-5-7-8;8-7-9-4-2-1-3-5(10)6(4)11-7;/h3-5,7-8,12H,2,6,9-10H2,1H3,(H,18,19,21);3-7,9H,2H2,1H3,(H,11,12);1-3H2,(H2,8,9);1H4. The lowest BCUT2D eigenvalue weighted by Crippen LogP contribution is -2.20. The number of Topliss-reactive ketones (excluding diaryl/α,β-unsaturated/α-hetero) is 2. The number of aryl methyl sites for hydroxylation is 2. The highest BCUT2D eigenvalue weighted by Crippen LogP contribution is 2.31. The molecule has 9 nitrogen and oxygen atoms in total. The number of carboxylic acids is 1. The van der Waals surface area contributed by atoms with Gasteiger partial charge in [-0.3, -0.25) is 19.2 Å². The summed E-state index contributed by atoms with van der Waals surface area (Å²) in [5.74, 6) is -1.00. The Labute approximate surface area is 278 Å². The number of nitrogens with two attached hydrogens (primary N) is 1. The van der Waals surface area contributed by atoms with Gasteiger partial charge in [-0.05, 0) is 49.7 Å². The molecule has 0 spiro atoms. The maximum Gasteiger partial charge on any atom is 0.310 e. The number of nitrogens with zero attached hydrogens (tertiary/aromatic N) is 2. The number of hydrogen-bond acceptors (Lipinski definition) is 9. The lowest BCUT2D eigenvalue weighted by Gasteiger charge is -2.14. The van der Waals surface area contributed by atoms with E-state index in [-0.39, 0.29) is 36.7 Å². The molecule has 2 aromatic heterocycles. The van der Waals surface area contributed by atoms with Crippen molar-refractivity contribution in [2.24, 2.45) is 0 Å². The van der Waals surface area contributed by atoms with Crippen LogP contribution in [0.4, 0.5) is 10.3 Å². The molecule has 4 aromatic rings. The topological polar surface area (TPSA) is 152 Å². The zero-order chi connectivity index (χ0) is 32.3. The molecule has 2 aliphatic carbocycles. The van der Waals surface area contributed by atoms with Gasteiger partial charge in [0.2, 0.25) is 5.91 Å². The third-order valence-corrected chi connectivity index (χ3v) is 9.64. The minimum atomic E-state index is -0.747. The molecule has 0 radical (unpaired) electrons. The van der Waals surface area contributed by atoms with Crippen LogP contribution in [-0.2, 0) is 22.4 Å². The number of nitrogens with one attached hydrogen (secondary N) is 1. The Morgan fingerprint density at radius 2 is 1.26 bits per heavy atom. The lowest BCUT2D eigenvalue weighted by atomic mass is 9.96. The minimum absolute atomic E-state index is 0. The van der Waals surface area contributed by atoms with Crippen molar-refractivity contribution in [1.82, 2.24) is 9.97 Å². The van der Waals surface area contributed by atoms with Crippen LogP contribution in [0.15, 0.2) is 60.7 Å². The van der Waals surface area contributed by atoms with Crippen molar-refractivity contribution in [2.75, 3.05) is 11.1 Å². The maximum absolute atomic E-state index is 12.5. The molecule has 244 valence electrons. The van der Waals surface area contributed by atoms with Crippen molar-refractivity contribution in [3.63, 3.8) is 0 Å². The van der Waals surface area contributed by atoms with Crippen LogP contribution in [-0.4, -0.2) is 38.5 Å². The zero-order valence-corrected chi connectivity index (χ0v) is 27.1. The zero-order valence-electron chi connectivity index (χ0n) is 25.5. The van der Waals surface area contributed by atoms with Gasteiger partial charge in [-0.15, -0.1) is 0 Å². The van der Waals surface area contributed by atoms with Crippen LogP contribution in [0.5, 0.6) is 0 Å². The third-order valence-electron chi connectivity index (χ3n) is 7.62. The van der Waals surface area contributed by atoms with E-state index in [0.29, 0.717) is 34.4 Å². The minimum Gasteiger partial charge on any atom is -0.481 e. The van der Waals surface area contributed by atoms with Crippen LogP contribution in [0.1, 0.15) is 113 Å². The first-order valence-corrected chi connectivity index (χ1v) is 16.8. The van der Waals surface area contributed by atoms with E-state index in [0.717, 1.165) is 59.5 Å². The summed E-state index contributed by atoms with van der Waals surface area (Å²) in [6.07, 6.45) is 6.12. The number of amides is 1. The summed E-state index contributed by atoms with van der Waals surface area (Å²) in [5.41, 5.74) is 9.10. The van der Waals surface area contributed by atoms with Gasteiger partial charge < -0.3 is 16.2 Å². The van der Waals surface area contributed by atoms with Crippen LogP contribution in [0.3, 0.4) is 0 Å². The molecule has 4 N–H and O–H groups in total. The second kappa shape index (κ2) is 17.5. The second-order valence-electron chi connectivity index (χ2n) is 10.7. The van der Waals surface area contributed by atoms with E-state index in [9.17, 15) is 19.2 Å². The number of carbonyl (C=O) groups excluding carboxylic acids is 3. The van der Waals surface area contributed by atoms with Gasteiger partial charge in [-0.2, -0.15) is 0 Å². The molecule has 11 heteroatoms. The Morgan fingerprint density at radius 3 is 1.72 bits per heavy atom. The molecule has 0 saturated heterocycles. The van der Waals surface area contributed by atoms with Crippen molar-refractivity contribution >= 4 is 56.4 Å². The number of aromatic nitrogens is 2. The monoisotopic (exact) mass is 662 g/mol. The van der Waals surface area contributed by atoms with Crippen LogP contribution in [0.2, 0.25) is 0 Å². The Kier molecular flexibility index (Phi) is 13.8. The SMILES string of the molecule is C.CCC(C(=O)Nc1nc2c(s1)C(=O)CCC2)c1ccccc1.CCC(C(=O)O)c1ccccc1.Nc1nc2c(s1)C(=O)CCC2. The Morgan fingerprint density at radius 1 is 0.783 bits per heavy atom. The number of anilines is 2. The number of thiazole rings is 2. The van der Waals surface area contributed by atoms with E-state index in [4.69, 9.17) is 10.8 Å². The van der Waals surface area contributed by atoms with Gasteiger partial charge in [0.15, 0.2) is 21.8 Å². The average Bonchev–Trinajstić information content (AvgIpc) is 3.63. The number of carboxylic acid groups (broad SMARTS) is 1. The molecule has 2 atom stereocenters. The van der Waals surface area contributed by atoms with Crippen LogP contribution in [0.25, 0.3) is 0 Å². The number of aliphatic carboxylic acids is 1. The summed E-state index contributed by atoms with van der Waals surface area (Å²) in [6.45, 7) is 3.87. The van der Waals surface area contributed by atoms with Crippen molar-refractivity contribution in [3.05, 3.63) is 92.9 Å². The Hall–Kier alpha value is -4.22. The molecule has 2 aromatic carbocycles. The molecular weight excluding hydrogens is 621 g/mol. The fourth-order valence-corrected chi connectivity index (χ4v) is 7.13. The number of rotatable bonds is 7. The largest absolute Gasteiger partial charge is 0.481 e. The van der Waals surface area contributed by atoms with E-state index < -0.39 is 5.97 Å². The van der Waals surface area contributed by atoms with E-state index in [1.807, 2.05) is 74.5 Å². The number of ketones is 2. The average molecular weight is 663 g/mol. The first-order valence-electron chi connectivity index (χ1n) is 15.2. The summed E-state index contributed by atoms with van der Waals surface area (Å²) in [7, 11) is 0. The summed E-state index contributed by atoms with van der Waals surface area (Å²) >= 11 is 2.62. The summed E-state index contributed by atoms with van der Waals surface area (Å²) in [6, 6.07) is 19.0. The Bertz CT molecular complexity index is 1620. The lowest BCUT2D eigenvalue weighted by molar-refractivity contribution is -0.138. The number of nitrogen functional groups attached to an aromatic ring is 1. The molecular formula is C35H42N4O5S2. The molecule has 0 saturated carbocycles. The molecule has 0 aliphatic heterocycles. The van der Waals surface area contributed by atoms with Crippen molar-refractivity contribution in [3.8, 4) is 0 Å². The quantitative estimate of drug-likeness (QED) is 0.180. The molecule has 46 heavy (non-hydrogen) atoms. The number of fused-ring (bicyclic) bond motifs is 2. The van der Waals surface area contributed by atoms with E-state index in [1.165, 1.54) is 22.7 Å². The van der Waals surface area contributed by atoms with Crippen molar-refractivity contribution < 1.29 is 24.3 Å². The van der Waals surface area contributed by atoms with E-state index >= 15 is 0 Å². The first kappa shape index (κ1) is 36.3. The first-order chi connectivity index (χ1) is 21.7. The number of hydrogen-bond donors (Lipinski definition) is 3. The van der Waals surface area contributed by atoms with Crippen LogP contribution in [0, 0.1) is 0 Å². The van der Waals surface area contributed by atoms with Gasteiger partial charge in [0, 0.05) is 12.8 Å². The fourth-order valence-electron chi connectivity index (χ4n) is 5.30. The molecule has 2 unspecified atom stereocenters.